The molecule has 0 unspecified atom stereocenters. The number of amides is 1. The van der Waals surface area contributed by atoms with Gasteiger partial charge < -0.3 is 18.9 Å². The maximum Gasteiger partial charge on any atom is 0.329 e. The van der Waals surface area contributed by atoms with Crippen LogP contribution < -0.4 is 0 Å². The summed E-state index contributed by atoms with van der Waals surface area (Å²) in [7, 11) is 1.64. The van der Waals surface area contributed by atoms with Gasteiger partial charge in [-0.1, -0.05) is 6.07 Å². The summed E-state index contributed by atoms with van der Waals surface area (Å²) in [5.41, 5.74) is 2.32. The second-order valence-corrected chi connectivity index (χ2v) is 8.57. The van der Waals surface area contributed by atoms with E-state index in [4.69, 9.17) is 9.47 Å². The molecule has 1 amide bonds. The quantitative estimate of drug-likeness (QED) is 0.472. The van der Waals surface area contributed by atoms with Crippen LogP contribution in [0.15, 0.2) is 23.6 Å². The fourth-order valence-electron chi connectivity index (χ4n) is 4.16. The molecule has 7 nitrogen and oxygen atoms in total. The lowest BCUT2D eigenvalue weighted by Crippen LogP contribution is -2.41. The summed E-state index contributed by atoms with van der Waals surface area (Å²) in [6.45, 7) is 6.56. The number of nitrogens with zero attached hydrogens (tertiary/aromatic N) is 2. The summed E-state index contributed by atoms with van der Waals surface area (Å²) >= 11 is 1.35. The van der Waals surface area contributed by atoms with Crippen molar-refractivity contribution < 1.29 is 23.9 Å². The second-order valence-electron chi connectivity index (χ2n) is 7.62. The van der Waals surface area contributed by atoms with Gasteiger partial charge in [-0.05, 0) is 51.1 Å². The summed E-state index contributed by atoms with van der Waals surface area (Å²) in [4.78, 5) is 40.1. The average Bonchev–Trinajstić information content (AvgIpc) is 3.46. The number of hydrogen-bond donors (Lipinski definition) is 0. The standard InChI is InChI=1S/C22H28N2O5S/c1-14-11-17(16(3)24(14)15(2)12-28-4)19(25)13-29-22(27)18-7-5-9-23(18)21(26)20-8-6-10-30-20/h6,8,10-11,15,18H,5,7,9,12-13H2,1-4H3/t15-,18+/m1/s1. The molecule has 3 rings (SSSR count). The number of ketones is 1. The van der Waals surface area contributed by atoms with Gasteiger partial charge in [0.05, 0.1) is 17.5 Å². The molecule has 0 aromatic carbocycles. The van der Waals surface area contributed by atoms with Gasteiger partial charge in [-0.3, -0.25) is 9.59 Å². The van der Waals surface area contributed by atoms with E-state index in [0.29, 0.717) is 30.0 Å². The first-order valence-electron chi connectivity index (χ1n) is 10.1. The van der Waals surface area contributed by atoms with Crippen LogP contribution in [0.2, 0.25) is 0 Å². The molecule has 1 aliphatic rings. The Kier molecular flexibility index (Phi) is 7.10. The van der Waals surface area contributed by atoms with E-state index in [2.05, 4.69) is 4.57 Å². The third kappa shape index (κ3) is 4.49. The number of aromatic nitrogens is 1. The molecule has 0 radical (unpaired) electrons. The monoisotopic (exact) mass is 432 g/mol. The first-order chi connectivity index (χ1) is 14.3. The van der Waals surface area contributed by atoms with E-state index in [0.717, 1.165) is 17.8 Å². The van der Waals surface area contributed by atoms with Gasteiger partial charge in [0, 0.05) is 30.6 Å². The normalized spacial score (nSPS) is 17.2. The van der Waals surface area contributed by atoms with E-state index in [1.165, 1.54) is 11.3 Å². The van der Waals surface area contributed by atoms with Crippen LogP contribution in [-0.4, -0.2) is 60.0 Å². The minimum Gasteiger partial charge on any atom is -0.456 e. The molecule has 0 N–H and O–H groups in total. The molecule has 2 atom stereocenters. The minimum atomic E-state index is -0.637. The van der Waals surface area contributed by atoms with Crippen LogP contribution >= 0.6 is 11.3 Å². The van der Waals surface area contributed by atoms with Gasteiger partial charge in [-0.2, -0.15) is 0 Å². The molecule has 0 aliphatic carbocycles. The maximum absolute atomic E-state index is 12.7. The number of Topliss-reactive ketones (excluding diaryl/α,β-unsaturated/α-hetero) is 1. The van der Waals surface area contributed by atoms with Crippen molar-refractivity contribution in [3.63, 3.8) is 0 Å². The summed E-state index contributed by atoms with van der Waals surface area (Å²) in [6.07, 6.45) is 1.29. The SMILES string of the molecule is COC[C@@H](C)n1c(C)cc(C(=O)COC(=O)[C@@H]2CCCN2C(=O)c2cccs2)c1C. The molecule has 2 aromatic rings. The zero-order valence-electron chi connectivity index (χ0n) is 17.8. The summed E-state index contributed by atoms with van der Waals surface area (Å²) in [6, 6.07) is 4.83. The summed E-state index contributed by atoms with van der Waals surface area (Å²) in [5.74, 6) is -0.930. The fraction of sp³-hybridized carbons (Fsp3) is 0.500. The third-order valence-corrected chi connectivity index (χ3v) is 6.35. The molecule has 3 heterocycles. The Balaban J connectivity index is 1.64. The van der Waals surface area contributed by atoms with Crippen molar-refractivity contribution in [3.8, 4) is 0 Å². The number of carbonyl (C=O) groups excluding carboxylic acids is 3. The first-order valence-corrected chi connectivity index (χ1v) is 10.9. The molecule has 30 heavy (non-hydrogen) atoms. The summed E-state index contributed by atoms with van der Waals surface area (Å²) in [5, 5.41) is 1.83. The van der Waals surface area contributed by atoms with Crippen molar-refractivity contribution in [3.05, 3.63) is 45.4 Å². The Morgan fingerprint density at radius 2 is 2.07 bits per heavy atom. The van der Waals surface area contributed by atoms with E-state index in [1.54, 1.807) is 18.1 Å². The van der Waals surface area contributed by atoms with Crippen molar-refractivity contribution in [2.75, 3.05) is 26.9 Å². The largest absolute Gasteiger partial charge is 0.456 e. The van der Waals surface area contributed by atoms with Crippen molar-refractivity contribution in [1.29, 1.82) is 0 Å². The zero-order chi connectivity index (χ0) is 21.8. The lowest BCUT2D eigenvalue weighted by atomic mass is 10.1. The summed E-state index contributed by atoms with van der Waals surface area (Å²) < 4.78 is 12.6. The molecule has 162 valence electrons. The highest BCUT2D eigenvalue weighted by Crippen LogP contribution is 2.24. The Bertz CT molecular complexity index is 918. The zero-order valence-corrected chi connectivity index (χ0v) is 18.7. The van der Waals surface area contributed by atoms with Crippen LogP contribution in [0.25, 0.3) is 0 Å². The first kappa shape index (κ1) is 22.2. The van der Waals surface area contributed by atoms with Crippen molar-refractivity contribution in [2.45, 2.75) is 45.7 Å². The van der Waals surface area contributed by atoms with Gasteiger partial charge in [-0.15, -0.1) is 11.3 Å². The fourth-order valence-corrected chi connectivity index (χ4v) is 4.84. The van der Waals surface area contributed by atoms with Crippen molar-refractivity contribution in [2.24, 2.45) is 0 Å². The van der Waals surface area contributed by atoms with Crippen LogP contribution in [0.3, 0.4) is 0 Å². The van der Waals surface area contributed by atoms with Crippen LogP contribution in [0.1, 0.15) is 57.2 Å². The number of aryl methyl sites for hydroxylation is 1. The van der Waals surface area contributed by atoms with E-state index in [9.17, 15) is 14.4 Å². The Hall–Kier alpha value is -2.45. The van der Waals surface area contributed by atoms with Crippen LogP contribution in [0.5, 0.6) is 0 Å². The highest BCUT2D eigenvalue weighted by Gasteiger charge is 2.36. The average molecular weight is 433 g/mol. The molecular weight excluding hydrogens is 404 g/mol. The molecule has 1 aliphatic heterocycles. The molecule has 2 aromatic heterocycles. The van der Waals surface area contributed by atoms with E-state index >= 15 is 0 Å². The molecule has 0 saturated carbocycles. The number of methoxy groups -OCH3 is 1. The van der Waals surface area contributed by atoms with Gasteiger partial charge >= 0.3 is 5.97 Å². The van der Waals surface area contributed by atoms with E-state index in [-0.39, 0.29) is 24.3 Å². The lowest BCUT2D eigenvalue weighted by molar-refractivity contribution is -0.147. The lowest BCUT2D eigenvalue weighted by Gasteiger charge is -2.22. The van der Waals surface area contributed by atoms with Crippen LogP contribution in [0, 0.1) is 13.8 Å². The predicted molar refractivity (Wildman–Crippen MR) is 114 cm³/mol. The highest BCUT2D eigenvalue weighted by molar-refractivity contribution is 7.12. The van der Waals surface area contributed by atoms with Crippen LogP contribution in [-0.2, 0) is 14.3 Å². The number of thiophene rings is 1. The predicted octanol–water partition coefficient (Wildman–Crippen LogP) is 3.40. The number of rotatable bonds is 8. The highest BCUT2D eigenvalue weighted by atomic mass is 32.1. The Morgan fingerprint density at radius 3 is 2.73 bits per heavy atom. The third-order valence-electron chi connectivity index (χ3n) is 5.50. The molecule has 1 fully saturated rings. The molecule has 0 spiro atoms. The smallest absolute Gasteiger partial charge is 0.329 e. The second kappa shape index (κ2) is 9.57. The van der Waals surface area contributed by atoms with Crippen molar-refractivity contribution in [1.82, 2.24) is 9.47 Å². The van der Waals surface area contributed by atoms with Gasteiger partial charge in [0.15, 0.2) is 6.61 Å². The minimum absolute atomic E-state index is 0.0920. The van der Waals surface area contributed by atoms with Crippen LogP contribution in [0.4, 0.5) is 0 Å². The number of hydrogen-bond acceptors (Lipinski definition) is 6. The molecule has 8 heteroatoms. The van der Waals surface area contributed by atoms with Gasteiger partial charge in [0.2, 0.25) is 5.78 Å². The topological polar surface area (TPSA) is 77.8 Å². The number of esters is 1. The molecule has 0 bridgehead atoms. The number of likely N-dealkylation sites (tertiary alicyclic amines) is 1. The van der Waals surface area contributed by atoms with E-state index < -0.39 is 12.0 Å². The Morgan fingerprint density at radius 1 is 1.30 bits per heavy atom. The molecular formula is C22H28N2O5S. The Labute approximate surface area is 180 Å². The van der Waals surface area contributed by atoms with E-state index in [1.807, 2.05) is 38.3 Å². The van der Waals surface area contributed by atoms with Gasteiger partial charge in [0.1, 0.15) is 6.04 Å². The van der Waals surface area contributed by atoms with Crippen molar-refractivity contribution >= 4 is 29.0 Å². The van der Waals surface area contributed by atoms with Gasteiger partial charge in [0.25, 0.3) is 5.91 Å². The number of carbonyl (C=O) groups is 3. The number of ether oxygens (including phenoxy) is 2. The molecule has 1 saturated heterocycles. The van der Waals surface area contributed by atoms with Gasteiger partial charge in [-0.25, -0.2) is 4.79 Å². The maximum atomic E-state index is 12.7.